The predicted molar refractivity (Wildman–Crippen MR) is 154 cm³/mol. The summed E-state index contributed by atoms with van der Waals surface area (Å²) in [6.45, 7) is 6.46. The number of carbonyl (C=O) groups excluding carboxylic acids is 1. The van der Waals surface area contributed by atoms with Gasteiger partial charge in [0.15, 0.2) is 0 Å². The molecule has 3 aromatic carbocycles. The third-order valence-electron chi connectivity index (χ3n) is 8.28. The molecule has 0 radical (unpaired) electrons. The van der Waals surface area contributed by atoms with Gasteiger partial charge in [0, 0.05) is 29.2 Å². The van der Waals surface area contributed by atoms with E-state index in [1.54, 1.807) is 0 Å². The highest BCUT2D eigenvalue weighted by Crippen LogP contribution is 2.45. The van der Waals surface area contributed by atoms with Gasteiger partial charge >= 0.3 is 0 Å². The molecule has 0 bridgehead atoms. The summed E-state index contributed by atoms with van der Waals surface area (Å²) in [5.74, 6) is 2.22. The van der Waals surface area contributed by atoms with Gasteiger partial charge in [-0.25, -0.2) is 0 Å². The van der Waals surface area contributed by atoms with Crippen molar-refractivity contribution in [1.29, 1.82) is 0 Å². The van der Waals surface area contributed by atoms with E-state index in [2.05, 4.69) is 32.2 Å². The lowest BCUT2D eigenvalue weighted by Gasteiger charge is -2.29. The molecule has 2 N–H and O–H groups in total. The minimum absolute atomic E-state index is 0.0409. The van der Waals surface area contributed by atoms with Crippen molar-refractivity contribution in [2.75, 3.05) is 5.32 Å². The van der Waals surface area contributed by atoms with Crippen molar-refractivity contribution in [1.82, 2.24) is 0 Å². The van der Waals surface area contributed by atoms with Crippen molar-refractivity contribution in [3.05, 3.63) is 89.0 Å². The Labute approximate surface area is 227 Å². The number of anilines is 1. The number of nitrogens with one attached hydrogen (secondary N) is 1. The molecule has 1 aliphatic carbocycles. The van der Waals surface area contributed by atoms with Crippen LogP contribution in [0.1, 0.15) is 106 Å². The van der Waals surface area contributed by atoms with Crippen molar-refractivity contribution in [2.45, 2.75) is 89.6 Å². The number of aliphatic hydroxyl groups is 1. The molecule has 0 spiro atoms. The average molecular weight is 512 g/mol. The lowest BCUT2D eigenvalue weighted by molar-refractivity contribution is -0.116. The van der Waals surface area contributed by atoms with E-state index < -0.39 is 6.10 Å². The lowest BCUT2D eigenvalue weighted by Crippen LogP contribution is -2.22. The zero-order valence-electron chi connectivity index (χ0n) is 23.0. The Bertz CT molecular complexity index is 1220. The van der Waals surface area contributed by atoms with E-state index in [1.165, 1.54) is 32.1 Å². The number of fused-ring (bicyclic) bond motifs is 2. The van der Waals surface area contributed by atoms with E-state index >= 15 is 0 Å². The maximum atomic E-state index is 13.6. The van der Waals surface area contributed by atoms with Gasteiger partial charge in [0.2, 0.25) is 5.91 Å². The normalized spacial score (nSPS) is 16.7. The summed E-state index contributed by atoms with van der Waals surface area (Å²) < 4.78 is 6.12. The van der Waals surface area contributed by atoms with E-state index in [0.29, 0.717) is 6.42 Å². The molecule has 1 heterocycles. The minimum atomic E-state index is -0.518. The number of hydrogen-bond acceptors (Lipinski definition) is 3. The summed E-state index contributed by atoms with van der Waals surface area (Å²) in [5, 5.41) is 14.3. The molecule has 1 saturated carbocycles. The Hall–Kier alpha value is -3.11. The summed E-state index contributed by atoms with van der Waals surface area (Å²) >= 11 is 0. The molecule has 1 unspecified atom stereocenters. The Morgan fingerprint density at radius 3 is 2.21 bits per heavy atom. The summed E-state index contributed by atoms with van der Waals surface area (Å²) in [6, 6.07) is 22.1. The molecule has 1 atom stereocenters. The molecule has 4 nitrogen and oxygen atoms in total. The monoisotopic (exact) mass is 511 g/mol. The molecule has 1 aliphatic heterocycles. The smallest absolute Gasteiger partial charge is 0.225 e. The zero-order valence-corrected chi connectivity index (χ0v) is 23.0. The lowest BCUT2D eigenvalue weighted by atomic mass is 9.83. The number of rotatable bonds is 7. The first kappa shape index (κ1) is 26.5. The molecule has 200 valence electrons. The van der Waals surface area contributed by atoms with Crippen molar-refractivity contribution < 1.29 is 14.6 Å². The van der Waals surface area contributed by atoms with Gasteiger partial charge in [-0.1, -0.05) is 101 Å². The number of carbonyl (C=O) groups is 1. The van der Waals surface area contributed by atoms with Crippen LogP contribution >= 0.6 is 0 Å². The molecule has 2 aliphatic rings. The quantitative estimate of drug-likeness (QED) is 0.334. The number of amides is 1. The first-order valence-electron chi connectivity index (χ1n) is 14.3. The standard InChI is InChI=1S/C34H41NO3/c1-34(2,3)28-19-18-24(30(36)20-17-23-11-5-4-6-12-23)21-29(28)35-33(37)22-27-25-13-7-9-15-31(25)38-32-16-10-8-14-26(27)32/h7-10,13-16,18-19,21,23,27,30,36H,4-6,11-12,17,20,22H2,1-3H3,(H,35,37). The third-order valence-corrected chi connectivity index (χ3v) is 8.28. The molecule has 0 saturated heterocycles. The maximum Gasteiger partial charge on any atom is 0.225 e. The van der Waals surface area contributed by atoms with Gasteiger partial charge in [0.1, 0.15) is 11.5 Å². The van der Waals surface area contributed by atoms with Crippen LogP contribution in [0.2, 0.25) is 0 Å². The minimum Gasteiger partial charge on any atom is -0.457 e. The highest BCUT2D eigenvalue weighted by atomic mass is 16.5. The SMILES string of the molecule is CC(C)(C)c1ccc(C(O)CCC2CCCCC2)cc1NC(=O)CC1c2ccccc2Oc2ccccc21. The van der Waals surface area contributed by atoms with E-state index in [4.69, 9.17) is 4.74 Å². The van der Waals surface area contributed by atoms with Gasteiger partial charge in [0.05, 0.1) is 6.10 Å². The van der Waals surface area contributed by atoms with E-state index in [1.807, 2.05) is 60.7 Å². The Kier molecular flexibility index (Phi) is 7.90. The second-order valence-electron chi connectivity index (χ2n) is 12.1. The molecular weight excluding hydrogens is 470 g/mol. The Morgan fingerprint density at radius 2 is 1.58 bits per heavy atom. The average Bonchev–Trinajstić information content (AvgIpc) is 2.91. The summed E-state index contributed by atoms with van der Waals surface area (Å²) in [4.78, 5) is 13.6. The van der Waals surface area contributed by atoms with Crippen LogP contribution in [0.15, 0.2) is 66.7 Å². The topological polar surface area (TPSA) is 58.6 Å². The second-order valence-corrected chi connectivity index (χ2v) is 12.1. The first-order chi connectivity index (χ1) is 18.3. The van der Waals surface area contributed by atoms with E-state index in [9.17, 15) is 9.90 Å². The molecule has 38 heavy (non-hydrogen) atoms. The van der Waals surface area contributed by atoms with Crippen molar-refractivity contribution in [3.63, 3.8) is 0 Å². The molecule has 4 heteroatoms. The van der Waals surface area contributed by atoms with Crippen LogP contribution in [-0.4, -0.2) is 11.0 Å². The molecule has 5 rings (SSSR count). The second kappa shape index (κ2) is 11.3. The fourth-order valence-electron chi connectivity index (χ4n) is 6.18. The highest BCUT2D eigenvalue weighted by Gasteiger charge is 2.29. The first-order valence-corrected chi connectivity index (χ1v) is 14.3. The van der Waals surface area contributed by atoms with Gasteiger partial charge in [-0.3, -0.25) is 4.79 Å². The largest absolute Gasteiger partial charge is 0.457 e. The maximum absolute atomic E-state index is 13.6. The summed E-state index contributed by atoms with van der Waals surface area (Å²) in [6.07, 6.45) is 8.19. The van der Waals surface area contributed by atoms with E-state index in [0.717, 1.165) is 58.2 Å². The zero-order chi connectivity index (χ0) is 26.7. The van der Waals surface area contributed by atoms with Crippen LogP contribution in [0.4, 0.5) is 5.69 Å². The molecule has 3 aromatic rings. The van der Waals surface area contributed by atoms with Gasteiger partial charge in [-0.2, -0.15) is 0 Å². The van der Waals surface area contributed by atoms with Crippen LogP contribution in [0.5, 0.6) is 11.5 Å². The summed E-state index contributed by atoms with van der Waals surface area (Å²) in [7, 11) is 0. The number of ether oxygens (including phenoxy) is 1. The summed E-state index contributed by atoms with van der Waals surface area (Å²) in [5.41, 5.74) is 4.66. The van der Waals surface area contributed by atoms with Gasteiger partial charge in [-0.15, -0.1) is 0 Å². The van der Waals surface area contributed by atoms with Crippen molar-refractivity contribution >= 4 is 11.6 Å². The van der Waals surface area contributed by atoms with E-state index in [-0.39, 0.29) is 17.2 Å². The predicted octanol–water partition coefficient (Wildman–Crippen LogP) is 8.64. The Morgan fingerprint density at radius 1 is 0.947 bits per heavy atom. The van der Waals surface area contributed by atoms with Gasteiger partial charge in [0.25, 0.3) is 0 Å². The van der Waals surface area contributed by atoms with Gasteiger partial charge in [-0.05, 0) is 53.5 Å². The van der Waals surface area contributed by atoms with Crippen LogP contribution in [0, 0.1) is 5.92 Å². The number of benzene rings is 3. The van der Waals surface area contributed by atoms with Crippen LogP contribution < -0.4 is 10.1 Å². The van der Waals surface area contributed by atoms with Crippen LogP contribution in [0.25, 0.3) is 0 Å². The van der Waals surface area contributed by atoms with Crippen molar-refractivity contribution in [2.24, 2.45) is 5.92 Å². The number of para-hydroxylation sites is 2. The molecule has 0 aromatic heterocycles. The molecular formula is C34H41NO3. The fraction of sp³-hybridized carbons (Fsp3) is 0.441. The highest BCUT2D eigenvalue weighted by molar-refractivity contribution is 5.93. The third kappa shape index (κ3) is 5.96. The van der Waals surface area contributed by atoms with Crippen molar-refractivity contribution in [3.8, 4) is 11.5 Å². The molecule has 1 amide bonds. The van der Waals surface area contributed by atoms with Gasteiger partial charge < -0.3 is 15.2 Å². The number of hydrogen-bond donors (Lipinski definition) is 2. The van der Waals surface area contributed by atoms with Crippen LogP contribution in [-0.2, 0) is 10.2 Å². The number of aliphatic hydroxyl groups excluding tert-OH is 1. The molecule has 1 fully saturated rings. The fourth-order valence-corrected chi connectivity index (χ4v) is 6.18. The van der Waals surface area contributed by atoms with Crippen LogP contribution in [0.3, 0.4) is 0 Å². The Balaban J connectivity index is 1.35.